The summed E-state index contributed by atoms with van der Waals surface area (Å²) in [6.07, 6.45) is -4.59. The van der Waals surface area contributed by atoms with Gasteiger partial charge in [-0.2, -0.15) is 18.4 Å². The lowest BCUT2D eigenvalue weighted by Crippen LogP contribution is -2.10. The van der Waals surface area contributed by atoms with Gasteiger partial charge in [0.1, 0.15) is 0 Å². The number of aryl methyl sites for hydroxylation is 1. The third kappa shape index (κ3) is 7.91. The van der Waals surface area contributed by atoms with Crippen LogP contribution in [0.2, 0.25) is 0 Å². The summed E-state index contributed by atoms with van der Waals surface area (Å²) in [5, 5.41) is 15.0. The number of nitrogens with zero attached hydrogens (tertiary/aromatic N) is 3. The molecule has 340 valence electrons. The molecule has 2 heterocycles. The van der Waals surface area contributed by atoms with Crippen molar-refractivity contribution in [3.05, 3.63) is 166 Å². The van der Waals surface area contributed by atoms with Crippen LogP contribution in [0.5, 0.6) is 0 Å². The van der Waals surface area contributed by atoms with Gasteiger partial charge in [0.25, 0.3) is 0 Å². The Balaban J connectivity index is 1.45. The van der Waals surface area contributed by atoms with E-state index in [0.29, 0.717) is 22.3 Å². The summed E-state index contributed by atoms with van der Waals surface area (Å²) in [5.41, 5.74) is 12.2. The molecule has 67 heavy (non-hydrogen) atoms. The predicted molar refractivity (Wildman–Crippen MR) is 275 cm³/mol. The summed E-state index contributed by atoms with van der Waals surface area (Å²) in [7, 11) is 0. The van der Waals surface area contributed by atoms with Gasteiger partial charge in [0, 0.05) is 32.7 Å². The minimum atomic E-state index is -4.59. The second kappa shape index (κ2) is 15.5. The van der Waals surface area contributed by atoms with Gasteiger partial charge in [0.15, 0.2) is 0 Å². The highest BCUT2D eigenvalue weighted by molar-refractivity contribution is 6.12. The number of benzene rings is 7. The Kier molecular flexibility index (Phi) is 10.5. The molecule has 0 amide bonds. The topological polar surface area (TPSA) is 33.6 Å². The number of halogens is 3. The van der Waals surface area contributed by atoms with Crippen molar-refractivity contribution in [2.24, 2.45) is 0 Å². The minimum Gasteiger partial charge on any atom is -0.309 e. The number of rotatable bonds is 4. The van der Waals surface area contributed by atoms with Gasteiger partial charge in [-0.25, -0.2) is 0 Å². The first-order valence-corrected chi connectivity index (χ1v) is 23.3. The molecule has 0 aliphatic rings. The standard InChI is InChI=1S/C61H60F3N3/c1-36-15-14-16-49(61(62,63)64)56(36)38-18-24-51(67-54-27-21-41(59(8,9)10)33-47(54)48-34-42(60(11,12)13)22-28-55(48)67)44(30-38)43-29-37(35-65)17-23-50(43)66-52-25-19-39(57(2,3)4)31-45(52)46-32-40(58(5,6)7)20-26-53(46)66/h14-34H,1-13H3. The zero-order valence-electron chi connectivity index (χ0n) is 41.1. The molecule has 0 radical (unpaired) electrons. The Labute approximate surface area is 393 Å². The van der Waals surface area contributed by atoms with Gasteiger partial charge < -0.3 is 9.13 Å². The second-order valence-electron chi connectivity index (χ2n) is 22.7. The van der Waals surface area contributed by atoms with Crippen molar-refractivity contribution in [2.45, 2.75) is 118 Å². The molecular weight excluding hydrogens is 832 g/mol. The Morgan fingerprint density at radius 3 is 1.16 bits per heavy atom. The molecule has 0 saturated heterocycles. The molecule has 0 atom stereocenters. The van der Waals surface area contributed by atoms with Gasteiger partial charge in [-0.3, -0.25) is 0 Å². The molecule has 0 fully saturated rings. The quantitative estimate of drug-likeness (QED) is 0.173. The van der Waals surface area contributed by atoms with Crippen LogP contribution in [0.4, 0.5) is 13.2 Å². The predicted octanol–water partition coefficient (Wildman–Crippen LogP) is 17.6. The molecule has 9 aromatic rings. The Morgan fingerprint density at radius 2 is 0.806 bits per heavy atom. The lowest BCUT2D eigenvalue weighted by Gasteiger charge is -2.22. The smallest absolute Gasteiger partial charge is 0.309 e. The Morgan fingerprint density at radius 1 is 0.433 bits per heavy atom. The van der Waals surface area contributed by atoms with Crippen molar-refractivity contribution >= 4 is 43.6 Å². The molecule has 0 spiro atoms. The third-order valence-electron chi connectivity index (χ3n) is 13.8. The SMILES string of the molecule is Cc1cccc(C(F)(F)F)c1-c1ccc(-n2c3ccc(C(C)(C)C)cc3c3cc(C(C)(C)C)ccc32)c(-c2cc(C#N)ccc2-n2c3ccc(C(C)(C)C)cc3c3cc(C(C)(C)C)ccc32)c1. The van der Waals surface area contributed by atoms with E-state index in [-0.39, 0.29) is 27.2 Å². The molecule has 0 aliphatic heterocycles. The summed E-state index contributed by atoms with van der Waals surface area (Å²) in [6.45, 7) is 28.4. The third-order valence-corrected chi connectivity index (χ3v) is 13.8. The summed E-state index contributed by atoms with van der Waals surface area (Å²) >= 11 is 0. The summed E-state index contributed by atoms with van der Waals surface area (Å²) in [6, 6.07) is 45.0. The zero-order valence-corrected chi connectivity index (χ0v) is 41.1. The number of hydrogen-bond acceptors (Lipinski definition) is 1. The van der Waals surface area contributed by atoms with Crippen LogP contribution in [0, 0.1) is 18.3 Å². The van der Waals surface area contributed by atoms with Crippen molar-refractivity contribution in [1.29, 1.82) is 5.26 Å². The van der Waals surface area contributed by atoms with Gasteiger partial charge in [-0.15, -0.1) is 0 Å². The number of aromatic nitrogens is 2. The fraction of sp³-hybridized carbons (Fsp3) is 0.295. The van der Waals surface area contributed by atoms with Crippen molar-refractivity contribution in [2.75, 3.05) is 0 Å². The number of nitriles is 1. The van der Waals surface area contributed by atoms with Crippen molar-refractivity contribution < 1.29 is 13.2 Å². The maximum absolute atomic E-state index is 15.0. The van der Waals surface area contributed by atoms with Crippen LogP contribution in [0.1, 0.15) is 122 Å². The first-order chi connectivity index (χ1) is 31.3. The van der Waals surface area contributed by atoms with Gasteiger partial charge in [-0.05, 0) is 152 Å². The number of fused-ring (bicyclic) bond motifs is 6. The highest BCUT2D eigenvalue weighted by Gasteiger charge is 2.35. The maximum Gasteiger partial charge on any atom is 0.417 e. The molecule has 2 aromatic heterocycles. The molecule has 0 aliphatic carbocycles. The summed E-state index contributed by atoms with van der Waals surface area (Å²) in [4.78, 5) is 0. The highest BCUT2D eigenvalue weighted by Crippen LogP contribution is 2.47. The molecule has 0 saturated carbocycles. The summed E-state index contributed by atoms with van der Waals surface area (Å²) < 4.78 is 49.6. The van der Waals surface area contributed by atoms with Crippen molar-refractivity contribution in [3.63, 3.8) is 0 Å². The van der Waals surface area contributed by atoms with Crippen LogP contribution in [0.25, 0.3) is 77.2 Å². The molecule has 0 bridgehead atoms. The highest BCUT2D eigenvalue weighted by atomic mass is 19.4. The average molecular weight is 892 g/mol. The first-order valence-electron chi connectivity index (χ1n) is 23.3. The molecule has 0 N–H and O–H groups in total. The Hall–Kier alpha value is -6.58. The van der Waals surface area contributed by atoms with Crippen LogP contribution in [-0.4, -0.2) is 9.13 Å². The molecule has 0 unspecified atom stereocenters. The van der Waals surface area contributed by atoms with Crippen LogP contribution >= 0.6 is 0 Å². The van der Waals surface area contributed by atoms with E-state index in [4.69, 9.17) is 0 Å². The van der Waals surface area contributed by atoms with Crippen LogP contribution in [-0.2, 0) is 27.8 Å². The maximum atomic E-state index is 15.0. The minimum absolute atomic E-state index is 0.104. The molecule has 7 aromatic carbocycles. The Bertz CT molecular complexity index is 3360. The largest absolute Gasteiger partial charge is 0.417 e. The van der Waals surface area contributed by atoms with Gasteiger partial charge in [0.05, 0.1) is 50.6 Å². The zero-order chi connectivity index (χ0) is 48.3. The molecule has 6 heteroatoms. The lowest BCUT2D eigenvalue weighted by atomic mass is 9.85. The van der Waals surface area contributed by atoms with Gasteiger partial charge in [-0.1, -0.05) is 126 Å². The van der Waals surface area contributed by atoms with E-state index in [0.717, 1.165) is 60.5 Å². The molecule has 3 nitrogen and oxygen atoms in total. The van der Waals surface area contributed by atoms with E-state index in [1.807, 2.05) is 36.4 Å². The number of alkyl halides is 3. The van der Waals surface area contributed by atoms with Crippen LogP contribution < -0.4 is 0 Å². The van der Waals surface area contributed by atoms with E-state index in [2.05, 4.69) is 171 Å². The lowest BCUT2D eigenvalue weighted by molar-refractivity contribution is -0.137. The van der Waals surface area contributed by atoms with E-state index in [1.165, 1.54) is 34.4 Å². The van der Waals surface area contributed by atoms with Crippen LogP contribution in [0.15, 0.2) is 127 Å². The van der Waals surface area contributed by atoms with E-state index in [1.54, 1.807) is 13.0 Å². The molecule has 9 rings (SSSR count). The van der Waals surface area contributed by atoms with Gasteiger partial charge in [0.2, 0.25) is 0 Å². The van der Waals surface area contributed by atoms with E-state index < -0.39 is 11.7 Å². The van der Waals surface area contributed by atoms with E-state index in [9.17, 15) is 5.26 Å². The normalized spacial score (nSPS) is 13.1. The average Bonchev–Trinajstić information content (AvgIpc) is 3.75. The monoisotopic (exact) mass is 891 g/mol. The summed E-state index contributed by atoms with van der Waals surface area (Å²) in [5.74, 6) is 0. The van der Waals surface area contributed by atoms with Crippen LogP contribution in [0.3, 0.4) is 0 Å². The van der Waals surface area contributed by atoms with Crippen molar-refractivity contribution in [3.8, 4) is 39.7 Å². The fourth-order valence-corrected chi connectivity index (χ4v) is 9.84. The molecular formula is C61H60F3N3. The van der Waals surface area contributed by atoms with E-state index >= 15 is 13.2 Å². The number of hydrogen-bond donors (Lipinski definition) is 0. The van der Waals surface area contributed by atoms with Crippen molar-refractivity contribution in [1.82, 2.24) is 9.13 Å². The second-order valence-corrected chi connectivity index (χ2v) is 22.7. The van der Waals surface area contributed by atoms with Gasteiger partial charge >= 0.3 is 6.18 Å². The fourth-order valence-electron chi connectivity index (χ4n) is 9.84. The first kappa shape index (κ1) is 45.6.